The first-order valence-electron chi connectivity index (χ1n) is 5.73. The third-order valence-corrected chi connectivity index (χ3v) is 4.55. The minimum atomic E-state index is 1.00. The Morgan fingerprint density at radius 2 is 2.00 bits per heavy atom. The first kappa shape index (κ1) is 11.9. The second-order valence-electron chi connectivity index (χ2n) is 4.18. The zero-order valence-electron chi connectivity index (χ0n) is 9.61. The Labute approximate surface area is 107 Å². The van der Waals surface area contributed by atoms with Gasteiger partial charge in [-0.2, -0.15) is 0 Å². The van der Waals surface area contributed by atoms with E-state index in [0.29, 0.717) is 0 Å². The lowest BCUT2D eigenvalue weighted by Crippen LogP contribution is -2.23. The highest BCUT2D eigenvalue weighted by atomic mass is 32.2. The van der Waals surface area contributed by atoms with Gasteiger partial charge >= 0.3 is 0 Å². The molecule has 0 N–H and O–H groups in total. The van der Waals surface area contributed by atoms with Gasteiger partial charge in [0.2, 0.25) is 0 Å². The highest BCUT2D eigenvalue weighted by Gasteiger charge is 2.14. The summed E-state index contributed by atoms with van der Waals surface area (Å²) < 4.78 is 1.07. The third kappa shape index (κ3) is 2.98. The molecule has 1 fully saturated rings. The zero-order valence-corrected chi connectivity index (χ0v) is 11.2. The van der Waals surface area contributed by atoms with Gasteiger partial charge in [-0.1, -0.05) is 48.2 Å². The van der Waals surface area contributed by atoms with E-state index in [1.807, 2.05) is 0 Å². The molecule has 16 heavy (non-hydrogen) atoms. The fourth-order valence-electron chi connectivity index (χ4n) is 1.90. The van der Waals surface area contributed by atoms with E-state index in [2.05, 4.69) is 36.1 Å². The van der Waals surface area contributed by atoms with E-state index in [4.69, 9.17) is 12.2 Å². The quantitative estimate of drug-likeness (QED) is 0.739. The van der Waals surface area contributed by atoms with Gasteiger partial charge in [-0.05, 0) is 30.9 Å². The van der Waals surface area contributed by atoms with Crippen LogP contribution in [-0.4, -0.2) is 22.3 Å². The lowest BCUT2D eigenvalue weighted by molar-refractivity contribution is 0.539. The molecule has 1 aliphatic heterocycles. The number of likely N-dealkylation sites (tertiary alicyclic amines) is 1. The zero-order chi connectivity index (χ0) is 11.4. The molecule has 0 radical (unpaired) electrons. The van der Waals surface area contributed by atoms with Gasteiger partial charge in [-0.3, -0.25) is 0 Å². The Hall–Kier alpha value is -0.540. The average molecular weight is 251 g/mol. The molecule has 0 spiro atoms. The van der Waals surface area contributed by atoms with Crippen LogP contribution >= 0.6 is 24.0 Å². The average Bonchev–Trinajstić information content (AvgIpc) is 2.81. The van der Waals surface area contributed by atoms with Crippen molar-refractivity contribution < 1.29 is 0 Å². The third-order valence-electron chi connectivity index (χ3n) is 2.98. The van der Waals surface area contributed by atoms with Gasteiger partial charge < -0.3 is 4.90 Å². The number of benzene rings is 1. The van der Waals surface area contributed by atoms with Crippen LogP contribution in [0.15, 0.2) is 24.3 Å². The Morgan fingerprint density at radius 1 is 1.31 bits per heavy atom. The molecule has 86 valence electrons. The van der Waals surface area contributed by atoms with Crippen LogP contribution in [-0.2, 0) is 5.75 Å². The molecule has 0 aromatic heterocycles. The highest BCUT2D eigenvalue weighted by molar-refractivity contribution is 8.22. The molecule has 0 unspecified atom stereocenters. The molecule has 1 saturated heterocycles. The van der Waals surface area contributed by atoms with Crippen LogP contribution < -0.4 is 0 Å². The van der Waals surface area contributed by atoms with E-state index < -0.39 is 0 Å². The second kappa shape index (κ2) is 5.69. The first-order chi connectivity index (χ1) is 7.77. The number of hydrogen-bond donors (Lipinski definition) is 0. The Balaban J connectivity index is 1.87. The number of thiocarbonyl (C=S) groups is 1. The number of nitrogens with zero attached hydrogens (tertiary/aromatic N) is 1. The Kier molecular flexibility index (Phi) is 4.24. The number of thioether (sulfide) groups is 1. The van der Waals surface area contributed by atoms with E-state index in [-0.39, 0.29) is 0 Å². The van der Waals surface area contributed by atoms with Crippen LogP contribution in [0.25, 0.3) is 0 Å². The van der Waals surface area contributed by atoms with E-state index in [1.165, 1.54) is 24.0 Å². The summed E-state index contributed by atoms with van der Waals surface area (Å²) in [6, 6.07) is 8.54. The fourth-order valence-corrected chi connectivity index (χ4v) is 3.23. The van der Waals surface area contributed by atoms with Gasteiger partial charge in [0.05, 0.1) is 0 Å². The van der Waals surface area contributed by atoms with Gasteiger partial charge in [0.1, 0.15) is 4.32 Å². The molecule has 1 aromatic rings. The molecule has 1 aliphatic rings. The van der Waals surface area contributed by atoms with Crippen LogP contribution in [0.4, 0.5) is 0 Å². The fraction of sp³-hybridized carbons (Fsp3) is 0.462. The summed E-state index contributed by atoms with van der Waals surface area (Å²) in [5.74, 6) is 1.00. The van der Waals surface area contributed by atoms with E-state index in [0.717, 1.165) is 23.2 Å². The molecule has 0 aliphatic carbocycles. The van der Waals surface area contributed by atoms with Crippen molar-refractivity contribution in [3.8, 4) is 0 Å². The Bertz CT molecular complexity index is 370. The van der Waals surface area contributed by atoms with Crippen LogP contribution in [0.2, 0.25) is 0 Å². The maximum Gasteiger partial charge on any atom is 0.136 e. The van der Waals surface area contributed by atoms with Gasteiger partial charge in [0, 0.05) is 18.8 Å². The predicted molar refractivity (Wildman–Crippen MR) is 75.9 cm³/mol. The molecule has 3 heteroatoms. The standard InChI is InChI=1S/C13H17NS2/c1-11-6-2-3-7-12(11)10-16-13(15)14-8-4-5-9-14/h2-3,6-7H,4-5,8-10H2,1H3. The Morgan fingerprint density at radius 3 is 2.69 bits per heavy atom. The minimum Gasteiger partial charge on any atom is -0.358 e. The molecular weight excluding hydrogens is 234 g/mol. The largest absolute Gasteiger partial charge is 0.358 e. The van der Waals surface area contributed by atoms with Crippen molar-refractivity contribution in [2.24, 2.45) is 0 Å². The van der Waals surface area contributed by atoms with E-state index >= 15 is 0 Å². The number of rotatable bonds is 2. The molecule has 0 bridgehead atoms. The van der Waals surface area contributed by atoms with Crippen LogP contribution in [0, 0.1) is 6.92 Å². The molecule has 0 saturated carbocycles. The predicted octanol–water partition coefficient (Wildman–Crippen LogP) is 3.61. The summed E-state index contributed by atoms with van der Waals surface area (Å²) in [5.41, 5.74) is 2.76. The van der Waals surface area contributed by atoms with Crippen LogP contribution in [0.5, 0.6) is 0 Å². The summed E-state index contributed by atoms with van der Waals surface area (Å²) in [5, 5.41) is 0. The smallest absolute Gasteiger partial charge is 0.136 e. The summed E-state index contributed by atoms with van der Waals surface area (Å²) >= 11 is 7.24. The normalized spacial score (nSPS) is 15.4. The van der Waals surface area contributed by atoms with Crippen molar-refractivity contribution in [1.82, 2.24) is 4.90 Å². The molecular formula is C13H17NS2. The summed E-state index contributed by atoms with van der Waals surface area (Å²) in [4.78, 5) is 2.33. The van der Waals surface area contributed by atoms with Crippen LogP contribution in [0.3, 0.4) is 0 Å². The summed E-state index contributed by atoms with van der Waals surface area (Å²) in [6.45, 7) is 4.47. The molecule has 2 rings (SSSR count). The van der Waals surface area contributed by atoms with Crippen molar-refractivity contribution in [2.75, 3.05) is 13.1 Å². The van der Waals surface area contributed by atoms with Gasteiger partial charge in [-0.25, -0.2) is 0 Å². The second-order valence-corrected chi connectivity index (χ2v) is 5.78. The molecule has 1 heterocycles. The maximum absolute atomic E-state index is 5.45. The van der Waals surface area contributed by atoms with Crippen LogP contribution in [0.1, 0.15) is 24.0 Å². The SMILES string of the molecule is Cc1ccccc1CSC(=S)N1CCCC1. The molecule has 1 aromatic carbocycles. The van der Waals surface area contributed by atoms with Gasteiger partial charge in [-0.15, -0.1) is 0 Å². The number of aryl methyl sites for hydroxylation is 1. The molecule has 0 amide bonds. The van der Waals surface area contributed by atoms with E-state index in [9.17, 15) is 0 Å². The minimum absolute atomic E-state index is 1.00. The van der Waals surface area contributed by atoms with Crippen molar-refractivity contribution in [2.45, 2.75) is 25.5 Å². The molecule has 0 atom stereocenters. The van der Waals surface area contributed by atoms with Gasteiger partial charge in [0.15, 0.2) is 0 Å². The monoisotopic (exact) mass is 251 g/mol. The van der Waals surface area contributed by atoms with Gasteiger partial charge in [0.25, 0.3) is 0 Å². The lowest BCUT2D eigenvalue weighted by Gasteiger charge is -2.17. The van der Waals surface area contributed by atoms with Crippen molar-refractivity contribution >= 4 is 28.3 Å². The highest BCUT2D eigenvalue weighted by Crippen LogP contribution is 2.21. The maximum atomic E-state index is 5.45. The van der Waals surface area contributed by atoms with Crippen molar-refractivity contribution in [1.29, 1.82) is 0 Å². The first-order valence-corrected chi connectivity index (χ1v) is 7.13. The van der Waals surface area contributed by atoms with Crippen molar-refractivity contribution in [3.63, 3.8) is 0 Å². The topological polar surface area (TPSA) is 3.24 Å². The van der Waals surface area contributed by atoms with E-state index in [1.54, 1.807) is 11.8 Å². The number of hydrogen-bond acceptors (Lipinski definition) is 2. The summed E-state index contributed by atoms with van der Waals surface area (Å²) in [6.07, 6.45) is 2.59. The van der Waals surface area contributed by atoms with Crippen molar-refractivity contribution in [3.05, 3.63) is 35.4 Å². The molecule has 1 nitrogen and oxygen atoms in total. The summed E-state index contributed by atoms with van der Waals surface area (Å²) in [7, 11) is 0. The lowest BCUT2D eigenvalue weighted by atomic mass is 10.1.